The first-order valence-corrected chi connectivity index (χ1v) is 6.33. The van der Waals surface area contributed by atoms with Gasteiger partial charge in [-0.05, 0) is 43.2 Å². The molecule has 0 aliphatic heterocycles. The Kier molecular flexibility index (Phi) is 3.12. The molecule has 0 fully saturated rings. The van der Waals surface area contributed by atoms with Crippen LogP contribution in [0, 0.1) is 13.8 Å². The molecule has 2 heterocycles. The Morgan fingerprint density at radius 1 is 1.44 bits per heavy atom. The zero-order chi connectivity index (χ0) is 11.7. The lowest BCUT2D eigenvalue weighted by Gasteiger charge is -2.23. The Morgan fingerprint density at radius 2 is 2.19 bits per heavy atom. The van der Waals surface area contributed by atoms with Crippen LogP contribution in [0.5, 0.6) is 0 Å². The van der Waals surface area contributed by atoms with E-state index in [1.165, 1.54) is 11.3 Å². The molecule has 0 aliphatic rings. The minimum atomic E-state index is 0.0712. The van der Waals surface area contributed by atoms with E-state index in [0.29, 0.717) is 0 Å². The Bertz CT molecular complexity index is 457. The Morgan fingerprint density at radius 3 is 2.62 bits per heavy atom. The van der Waals surface area contributed by atoms with Crippen LogP contribution < -0.4 is 5.73 Å². The maximum atomic E-state index is 6.09. The van der Waals surface area contributed by atoms with Gasteiger partial charge in [0.2, 0.25) is 0 Å². The van der Waals surface area contributed by atoms with Crippen LogP contribution in [0.2, 0.25) is 0 Å². The van der Waals surface area contributed by atoms with E-state index in [-0.39, 0.29) is 12.1 Å². The maximum Gasteiger partial charge on any atom is 0.0957 e. The van der Waals surface area contributed by atoms with Crippen molar-refractivity contribution in [2.45, 2.75) is 32.9 Å². The van der Waals surface area contributed by atoms with Gasteiger partial charge >= 0.3 is 0 Å². The molecule has 2 atom stereocenters. The Labute approximate surface area is 99.9 Å². The zero-order valence-corrected chi connectivity index (χ0v) is 10.7. The van der Waals surface area contributed by atoms with Gasteiger partial charge in [0, 0.05) is 11.7 Å². The van der Waals surface area contributed by atoms with Crippen LogP contribution in [0.4, 0.5) is 0 Å². The van der Waals surface area contributed by atoms with Gasteiger partial charge < -0.3 is 10.3 Å². The van der Waals surface area contributed by atoms with Crippen LogP contribution in [-0.2, 0) is 0 Å². The van der Waals surface area contributed by atoms with E-state index in [1.54, 1.807) is 11.3 Å². The van der Waals surface area contributed by atoms with Crippen LogP contribution in [0.1, 0.15) is 29.9 Å². The average molecular weight is 235 g/mol. The second kappa shape index (κ2) is 4.39. The summed E-state index contributed by atoms with van der Waals surface area (Å²) in [4.78, 5) is 4.34. The van der Waals surface area contributed by atoms with Crippen molar-refractivity contribution in [1.82, 2.24) is 9.55 Å². The molecular weight excluding hydrogens is 218 g/mol. The van der Waals surface area contributed by atoms with Gasteiger partial charge in [-0.15, -0.1) is 0 Å². The number of rotatable bonds is 3. The molecule has 0 saturated carbocycles. The van der Waals surface area contributed by atoms with E-state index in [1.807, 2.05) is 20.2 Å². The first-order chi connectivity index (χ1) is 7.61. The van der Waals surface area contributed by atoms with E-state index in [4.69, 9.17) is 5.73 Å². The molecule has 0 aromatic carbocycles. The number of hydrogen-bond acceptors (Lipinski definition) is 3. The number of aryl methyl sites for hydroxylation is 1. The lowest BCUT2D eigenvalue weighted by atomic mass is 10.0. The number of imidazole rings is 1. The van der Waals surface area contributed by atoms with E-state index >= 15 is 0 Å². The molecule has 2 rings (SSSR count). The SMILES string of the molecule is Cc1ncn(C(c2ccsc2)C(C)N)c1C. The number of aromatic nitrogens is 2. The topological polar surface area (TPSA) is 43.8 Å². The molecule has 0 amide bonds. The van der Waals surface area contributed by atoms with Crippen molar-refractivity contribution < 1.29 is 0 Å². The van der Waals surface area contributed by atoms with Crippen LogP contribution in [-0.4, -0.2) is 15.6 Å². The summed E-state index contributed by atoms with van der Waals surface area (Å²) >= 11 is 1.70. The van der Waals surface area contributed by atoms with Crippen molar-refractivity contribution in [2.24, 2.45) is 5.73 Å². The fourth-order valence-corrected chi connectivity index (χ4v) is 2.65. The monoisotopic (exact) mass is 235 g/mol. The molecule has 4 heteroatoms. The van der Waals surface area contributed by atoms with Crippen molar-refractivity contribution in [3.8, 4) is 0 Å². The van der Waals surface area contributed by atoms with E-state index < -0.39 is 0 Å². The number of nitrogens with two attached hydrogens (primary N) is 1. The summed E-state index contributed by atoms with van der Waals surface area (Å²) < 4.78 is 2.17. The summed E-state index contributed by atoms with van der Waals surface area (Å²) in [5.74, 6) is 0. The lowest BCUT2D eigenvalue weighted by molar-refractivity contribution is 0.489. The minimum absolute atomic E-state index is 0.0712. The van der Waals surface area contributed by atoms with E-state index in [9.17, 15) is 0 Å². The van der Waals surface area contributed by atoms with Crippen LogP contribution in [0.15, 0.2) is 23.2 Å². The molecular formula is C12H17N3S. The summed E-state index contributed by atoms with van der Waals surface area (Å²) in [6.45, 7) is 6.15. The van der Waals surface area contributed by atoms with E-state index in [2.05, 4.69) is 33.3 Å². The zero-order valence-electron chi connectivity index (χ0n) is 9.84. The molecule has 2 aromatic rings. The molecule has 2 N–H and O–H groups in total. The molecule has 86 valence electrons. The predicted octanol–water partition coefficient (Wildman–Crippen LogP) is 2.50. The highest BCUT2D eigenvalue weighted by molar-refractivity contribution is 7.07. The van der Waals surface area contributed by atoms with Crippen molar-refractivity contribution in [3.63, 3.8) is 0 Å². The van der Waals surface area contributed by atoms with Gasteiger partial charge in [-0.2, -0.15) is 11.3 Å². The first-order valence-electron chi connectivity index (χ1n) is 5.39. The predicted molar refractivity (Wildman–Crippen MR) is 67.8 cm³/mol. The van der Waals surface area contributed by atoms with Gasteiger partial charge in [0.05, 0.1) is 18.1 Å². The van der Waals surface area contributed by atoms with Crippen LogP contribution in [0.25, 0.3) is 0 Å². The summed E-state index contributed by atoms with van der Waals surface area (Å²) in [7, 11) is 0. The summed E-state index contributed by atoms with van der Waals surface area (Å²) in [6.07, 6.45) is 1.89. The van der Waals surface area contributed by atoms with Gasteiger partial charge in [-0.1, -0.05) is 0 Å². The lowest BCUT2D eigenvalue weighted by Crippen LogP contribution is -2.30. The Balaban J connectivity index is 2.45. The normalized spacial score (nSPS) is 15.0. The molecule has 2 aromatic heterocycles. The molecule has 3 nitrogen and oxygen atoms in total. The van der Waals surface area contributed by atoms with Gasteiger partial charge in [-0.25, -0.2) is 4.98 Å². The third-order valence-corrected chi connectivity index (χ3v) is 3.67. The number of thiophene rings is 1. The van der Waals surface area contributed by atoms with Crippen molar-refractivity contribution in [3.05, 3.63) is 40.1 Å². The van der Waals surface area contributed by atoms with Crippen molar-refractivity contribution in [1.29, 1.82) is 0 Å². The third-order valence-electron chi connectivity index (χ3n) is 2.97. The van der Waals surface area contributed by atoms with Crippen LogP contribution in [0.3, 0.4) is 0 Å². The molecule has 0 spiro atoms. The van der Waals surface area contributed by atoms with Crippen molar-refractivity contribution in [2.75, 3.05) is 0 Å². The standard InChI is InChI=1S/C12H17N3S/c1-8(13)12(11-4-5-16-6-11)15-7-14-9(2)10(15)3/h4-8,12H,13H2,1-3H3. The fourth-order valence-electron chi connectivity index (χ4n) is 1.96. The average Bonchev–Trinajstić information content (AvgIpc) is 2.83. The maximum absolute atomic E-state index is 6.09. The van der Waals surface area contributed by atoms with Gasteiger partial charge in [0.1, 0.15) is 0 Å². The smallest absolute Gasteiger partial charge is 0.0957 e. The molecule has 0 bridgehead atoms. The molecule has 0 saturated heterocycles. The van der Waals surface area contributed by atoms with Gasteiger partial charge in [0.15, 0.2) is 0 Å². The summed E-state index contributed by atoms with van der Waals surface area (Å²) in [6, 6.07) is 2.39. The highest BCUT2D eigenvalue weighted by Gasteiger charge is 2.20. The largest absolute Gasteiger partial charge is 0.326 e. The van der Waals surface area contributed by atoms with Gasteiger partial charge in [0.25, 0.3) is 0 Å². The highest BCUT2D eigenvalue weighted by Crippen LogP contribution is 2.25. The van der Waals surface area contributed by atoms with Crippen molar-refractivity contribution >= 4 is 11.3 Å². The first kappa shape index (κ1) is 11.4. The Hall–Kier alpha value is -1.13. The quantitative estimate of drug-likeness (QED) is 0.888. The third kappa shape index (κ3) is 1.90. The number of nitrogens with zero attached hydrogens (tertiary/aromatic N) is 2. The van der Waals surface area contributed by atoms with E-state index in [0.717, 1.165) is 5.69 Å². The van der Waals surface area contributed by atoms with Gasteiger partial charge in [-0.3, -0.25) is 0 Å². The minimum Gasteiger partial charge on any atom is -0.326 e. The fraction of sp³-hybridized carbons (Fsp3) is 0.417. The summed E-state index contributed by atoms with van der Waals surface area (Å²) in [5.41, 5.74) is 9.62. The second-order valence-electron chi connectivity index (χ2n) is 4.18. The summed E-state index contributed by atoms with van der Waals surface area (Å²) in [5, 5.41) is 4.24. The molecule has 0 radical (unpaired) electrons. The molecule has 2 unspecified atom stereocenters. The van der Waals surface area contributed by atoms with Crippen LogP contribution >= 0.6 is 11.3 Å². The molecule has 16 heavy (non-hydrogen) atoms. The second-order valence-corrected chi connectivity index (χ2v) is 4.96. The number of hydrogen-bond donors (Lipinski definition) is 1. The highest BCUT2D eigenvalue weighted by atomic mass is 32.1. The molecule has 0 aliphatic carbocycles.